The van der Waals surface area contributed by atoms with Crippen molar-refractivity contribution in [2.45, 2.75) is 6.54 Å². The molecule has 0 fully saturated rings. The Hall–Kier alpha value is -5.54. The number of rotatable bonds is 5. The minimum atomic E-state index is 0.437. The molecule has 0 unspecified atom stereocenters. The lowest BCUT2D eigenvalue weighted by atomic mass is 9.92. The number of aliphatic imine (C=N–C) groups is 2. The standard InChI is InChI=1S/C39H29N3/c40-38(29-16-5-2-6-17-29)42-39(41-26-32-19-9-10-20-33(32)27-13-3-1-4-14-27)37-35-22-12-8-18-30(35)25-31-24-23-28-15-7-11-21-34(28)36(31)37/h1-25H,26H2,(H2,40,41,42). The molecule has 7 aromatic carbocycles. The second kappa shape index (κ2) is 11.1. The number of fused-ring (bicyclic) bond motifs is 4. The van der Waals surface area contributed by atoms with Gasteiger partial charge in [0.2, 0.25) is 0 Å². The quantitative estimate of drug-likeness (QED) is 0.101. The maximum absolute atomic E-state index is 6.69. The third-order valence-corrected chi connectivity index (χ3v) is 7.77. The summed E-state index contributed by atoms with van der Waals surface area (Å²) in [5.74, 6) is 1.06. The van der Waals surface area contributed by atoms with Gasteiger partial charge in [0.05, 0.1) is 6.54 Å². The van der Waals surface area contributed by atoms with E-state index in [1.807, 2.05) is 36.4 Å². The van der Waals surface area contributed by atoms with Crippen LogP contribution < -0.4 is 5.73 Å². The minimum Gasteiger partial charge on any atom is -0.383 e. The van der Waals surface area contributed by atoms with Crippen LogP contribution in [0.3, 0.4) is 0 Å². The molecule has 0 aliphatic rings. The van der Waals surface area contributed by atoms with Crippen molar-refractivity contribution in [1.82, 2.24) is 0 Å². The van der Waals surface area contributed by atoms with Gasteiger partial charge in [-0.25, -0.2) is 4.99 Å². The highest BCUT2D eigenvalue weighted by Gasteiger charge is 2.17. The molecule has 3 heteroatoms. The van der Waals surface area contributed by atoms with Gasteiger partial charge in [-0.1, -0.05) is 146 Å². The van der Waals surface area contributed by atoms with Crippen molar-refractivity contribution in [2.24, 2.45) is 15.7 Å². The van der Waals surface area contributed by atoms with E-state index < -0.39 is 0 Å². The zero-order valence-electron chi connectivity index (χ0n) is 23.1. The average Bonchev–Trinajstić information content (AvgIpc) is 3.06. The highest BCUT2D eigenvalue weighted by atomic mass is 15.0. The summed E-state index contributed by atoms with van der Waals surface area (Å²) in [6.45, 7) is 0.460. The van der Waals surface area contributed by atoms with Crippen LogP contribution in [0.1, 0.15) is 16.7 Å². The van der Waals surface area contributed by atoms with Crippen LogP contribution in [-0.2, 0) is 6.54 Å². The van der Waals surface area contributed by atoms with E-state index in [2.05, 4.69) is 115 Å². The Balaban J connectivity index is 1.51. The van der Waals surface area contributed by atoms with Gasteiger partial charge >= 0.3 is 0 Å². The van der Waals surface area contributed by atoms with E-state index in [0.29, 0.717) is 18.2 Å². The monoisotopic (exact) mass is 539 g/mol. The van der Waals surface area contributed by atoms with Crippen molar-refractivity contribution in [3.8, 4) is 11.1 Å². The third kappa shape index (κ3) is 4.82. The van der Waals surface area contributed by atoms with Crippen LogP contribution in [0.15, 0.2) is 162 Å². The summed E-state index contributed by atoms with van der Waals surface area (Å²) >= 11 is 0. The zero-order valence-corrected chi connectivity index (χ0v) is 23.1. The van der Waals surface area contributed by atoms with Crippen molar-refractivity contribution >= 4 is 44.0 Å². The lowest BCUT2D eigenvalue weighted by molar-refractivity contribution is 1.06. The molecule has 0 aliphatic heterocycles. The fraction of sp³-hybridized carbons (Fsp3) is 0.0256. The maximum atomic E-state index is 6.69. The maximum Gasteiger partial charge on any atom is 0.158 e. The minimum absolute atomic E-state index is 0.437. The number of hydrogen-bond acceptors (Lipinski definition) is 1. The number of benzene rings is 7. The van der Waals surface area contributed by atoms with Crippen LogP contribution in [-0.4, -0.2) is 11.7 Å². The van der Waals surface area contributed by atoms with E-state index in [1.54, 1.807) is 0 Å². The molecule has 3 nitrogen and oxygen atoms in total. The molecule has 200 valence electrons. The van der Waals surface area contributed by atoms with Gasteiger partial charge in [0.15, 0.2) is 5.84 Å². The second-order valence-electron chi connectivity index (χ2n) is 10.4. The Morgan fingerprint density at radius 1 is 0.548 bits per heavy atom. The molecule has 0 aromatic heterocycles. The smallest absolute Gasteiger partial charge is 0.158 e. The lowest BCUT2D eigenvalue weighted by Crippen LogP contribution is -2.16. The lowest BCUT2D eigenvalue weighted by Gasteiger charge is -2.15. The van der Waals surface area contributed by atoms with Gasteiger partial charge in [0.25, 0.3) is 0 Å². The van der Waals surface area contributed by atoms with E-state index >= 15 is 0 Å². The molecule has 0 aliphatic carbocycles. The van der Waals surface area contributed by atoms with Crippen molar-refractivity contribution < 1.29 is 0 Å². The summed E-state index contributed by atoms with van der Waals surface area (Å²) in [6.07, 6.45) is 0. The van der Waals surface area contributed by atoms with E-state index in [0.717, 1.165) is 43.8 Å². The van der Waals surface area contributed by atoms with Crippen LogP contribution in [0.4, 0.5) is 0 Å². The molecule has 7 aromatic rings. The van der Waals surface area contributed by atoms with Gasteiger partial charge in [-0.3, -0.25) is 4.99 Å². The number of amidine groups is 2. The highest BCUT2D eigenvalue weighted by molar-refractivity contribution is 6.28. The topological polar surface area (TPSA) is 50.7 Å². The fourth-order valence-electron chi connectivity index (χ4n) is 5.75. The molecule has 0 heterocycles. The van der Waals surface area contributed by atoms with E-state index in [4.69, 9.17) is 15.7 Å². The first-order valence-corrected chi connectivity index (χ1v) is 14.2. The third-order valence-electron chi connectivity index (χ3n) is 7.77. The van der Waals surface area contributed by atoms with Crippen LogP contribution in [0.25, 0.3) is 43.4 Å². The van der Waals surface area contributed by atoms with E-state index in [9.17, 15) is 0 Å². The number of nitrogens with two attached hydrogens (primary N) is 1. The zero-order chi connectivity index (χ0) is 28.3. The summed E-state index contributed by atoms with van der Waals surface area (Å²) in [5.41, 5.74) is 12.0. The molecule has 0 bridgehead atoms. The Morgan fingerprint density at radius 2 is 1.17 bits per heavy atom. The highest BCUT2D eigenvalue weighted by Crippen LogP contribution is 2.35. The number of nitrogens with zero attached hydrogens (tertiary/aromatic N) is 2. The van der Waals surface area contributed by atoms with Crippen molar-refractivity contribution in [3.05, 3.63) is 168 Å². The molecular weight excluding hydrogens is 510 g/mol. The Labute approximate surface area is 245 Å². The van der Waals surface area contributed by atoms with E-state index in [-0.39, 0.29) is 0 Å². The molecule has 2 N–H and O–H groups in total. The van der Waals surface area contributed by atoms with Crippen LogP contribution in [0.2, 0.25) is 0 Å². The molecule has 0 radical (unpaired) electrons. The molecule has 0 saturated carbocycles. The molecule has 0 atom stereocenters. The van der Waals surface area contributed by atoms with Crippen LogP contribution in [0.5, 0.6) is 0 Å². The van der Waals surface area contributed by atoms with Gasteiger partial charge in [-0.15, -0.1) is 0 Å². The summed E-state index contributed by atoms with van der Waals surface area (Å²) in [5, 5.41) is 6.86. The normalized spacial score (nSPS) is 12.3. The first-order chi connectivity index (χ1) is 20.8. The van der Waals surface area contributed by atoms with Crippen LogP contribution in [0, 0.1) is 0 Å². The molecule has 7 rings (SSSR count). The van der Waals surface area contributed by atoms with Crippen LogP contribution >= 0.6 is 0 Å². The van der Waals surface area contributed by atoms with Gasteiger partial charge < -0.3 is 5.73 Å². The molecule has 42 heavy (non-hydrogen) atoms. The van der Waals surface area contributed by atoms with Gasteiger partial charge in [0, 0.05) is 16.5 Å². The van der Waals surface area contributed by atoms with Crippen molar-refractivity contribution in [1.29, 1.82) is 0 Å². The van der Waals surface area contributed by atoms with Crippen molar-refractivity contribution in [3.63, 3.8) is 0 Å². The summed E-state index contributed by atoms with van der Waals surface area (Å²) in [7, 11) is 0. The van der Waals surface area contributed by atoms with Gasteiger partial charge in [-0.05, 0) is 49.7 Å². The predicted octanol–water partition coefficient (Wildman–Crippen LogP) is 9.17. The van der Waals surface area contributed by atoms with E-state index in [1.165, 1.54) is 16.3 Å². The molecular formula is C39H29N3. The van der Waals surface area contributed by atoms with Gasteiger partial charge in [-0.2, -0.15) is 0 Å². The number of hydrogen-bond donors (Lipinski definition) is 1. The summed E-state index contributed by atoms with van der Waals surface area (Å²) in [4.78, 5) is 10.4. The second-order valence-corrected chi connectivity index (χ2v) is 10.4. The summed E-state index contributed by atoms with van der Waals surface area (Å²) in [6, 6.07) is 52.4. The predicted molar refractivity (Wildman–Crippen MR) is 178 cm³/mol. The first kappa shape index (κ1) is 25.4. The molecule has 0 amide bonds. The molecule has 0 saturated heterocycles. The summed E-state index contributed by atoms with van der Waals surface area (Å²) < 4.78 is 0. The Morgan fingerprint density at radius 3 is 1.98 bits per heavy atom. The Bertz CT molecular complexity index is 2110. The SMILES string of the molecule is N/C(=N\C(=N/Cc1ccccc1-c1ccccc1)c1c2ccccc2cc2ccc3ccccc3c12)c1ccccc1. The first-order valence-electron chi connectivity index (χ1n) is 14.2. The average molecular weight is 540 g/mol. The van der Waals surface area contributed by atoms with Gasteiger partial charge in [0.1, 0.15) is 5.84 Å². The fourth-order valence-corrected chi connectivity index (χ4v) is 5.75. The Kier molecular flexibility index (Phi) is 6.75. The molecule has 0 spiro atoms. The van der Waals surface area contributed by atoms with Crippen molar-refractivity contribution in [2.75, 3.05) is 0 Å². The largest absolute Gasteiger partial charge is 0.383 e.